The molecule has 0 radical (unpaired) electrons. The molecule has 0 bridgehead atoms. The van der Waals surface area contributed by atoms with Gasteiger partial charge < -0.3 is 25.2 Å². The quantitative estimate of drug-likeness (QED) is 0.204. The van der Waals surface area contributed by atoms with E-state index in [4.69, 9.17) is 4.74 Å². The molecule has 5 aliphatic rings. The molecule has 0 aromatic rings. The molecule has 4 fully saturated rings. The monoisotopic (exact) mass is 602 g/mol. The highest BCUT2D eigenvalue weighted by Gasteiger charge is 2.68. The van der Waals surface area contributed by atoms with Crippen LogP contribution < -0.4 is 0 Å². The number of hydrogen-bond donors (Lipinski definition) is 4. The smallest absolute Gasteiger partial charge is 0.335 e. The summed E-state index contributed by atoms with van der Waals surface area (Å²) in [6.45, 7) is 18.0. The maximum absolute atomic E-state index is 13.1. The Morgan fingerprint density at radius 3 is 2.26 bits per heavy atom. The van der Waals surface area contributed by atoms with Gasteiger partial charge in [-0.1, -0.05) is 60.1 Å². The Morgan fingerprint density at radius 2 is 1.65 bits per heavy atom. The number of carbonyl (C=O) groups excluding carboxylic acids is 1. The van der Waals surface area contributed by atoms with Crippen LogP contribution in [0.4, 0.5) is 0 Å². The van der Waals surface area contributed by atoms with Crippen LogP contribution in [0.1, 0.15) is 120 Å². The van der Waals surface area contributed by atoms with Gasteiger partial charge in [0.05, 0.1) is 6.10 Å². The van der Waals surface area contributed by atoms with Gasteiger partial charge >= 0.3 is 5.97 Å². The molecular formula is C36H58O7. The number of rotatable bonds is 7. The van der Waals surface area contributed by atoms with Crippen LogP contribution in [0.15, 0.2) is 11.6 Å². The van der Waals surface area contributed by atoms with E-state index in [1.165, 1.54) is 12.5 Å². The van der Waals surface area contributed by atoms with Crippen molar-refractivity contribution in [2.75, 3.05) is 0 Å². The Balaban J connectivity index is 1.54. The Kier molecular flexibility index (Phi) is 8.40. The fourth-order valence-electron chi connectivity index (χ4n) is 12.0. The van der Waals surface area contributed by atoms with Crippen LogP contribution in [0.5, 0.6) is 0 Å². The molecule has 0 aromatic heterocycles. The minimum absolute atomic E-state index is 0.00756. The number of carbonyl (C=O) groups is 2. The van der Waals surface area contributed by atoms with E-state index < -0.39 is 30.6 Å². The fourth-order valence-corrected chi connectivity index (χ4v) is 12.0. The zero-order valence-electron chi connectivity index (χ0n) is 27.9. The SMILES string of the molecule is C[C@H](O)C(O[C@@H](C[C@]12CC[C@@H](C)[C@H](C)C1C1=CCC3[C@@]4(C)CCC(=O)C(C)(C)C4CC[C@@]3(C)[C@]1(C)CC2)C(O)O)C(=O)O. The summed E-state index contributed by atoms with van der Waals surface area (Å²) in [6.07, 6.45) is 5.93. The Bertz CT molecular complexity index is 1140. The largest absolute Gasteiger partial charge is 0.479 e. The lowest BCUT2D eigenvalue weighted by atomic mass is 9.33. The molecular weight excluding hydrogens is 544 g/mol. The second-order valence-corrected chi connectivity index (χ2v) is 16.9. The number of aliphatic hydroxyl groups excluding tert-OH is 2. The normalized spacial score (nSPS) is 46.0. The molecule has 0 spiro atoms. The lowest BCUT2D eigenvalue weighted by Crippen LogP contribution is -2.64. The van der Waals surface area contributed by atoms with Crippen LogP contribution in [-0.4, -0.2) is 56.8 Å². The van der Waals surface area contributed by atoms with Gasteiger partial charge in [0.2, 0.25) is 0 Å². The van der Waals surface area contributed by atoms with Crippen LogP contribution in [0, 0.1) is 56.7 Å². The van der Waals surface area contributed by atoms with Gasteiger partial charge in [0.1, 0.15) is 11.9 Å². The van der Waals surface area contributed by atoms with Gasteiger partial charge in [0, 0.05) is 11.8 Å². The van der Waals surface area contributed by atoms with Crippen molar-refractivity contribution in [2.24, 2.45) is 56.7 Å². The van der Waals surface area contributed by atoms with Crippen LogP contribution in [0.2, 0.25) is 0 Å². The summed E-state index contributed by atoms with van der Waals surface area (Å²) in [5.74, 6) is 1.17. The molecule has 5 aliphatic carbocycles. The van der Waals surface area contributed by atoms with Crippen LogP contribution in [0.3, 0.4) is 0 Å². The lowest BCUT2D eigenvalue weighted by Gasteiger charge is -2.71. The van der Waals surface area contributed by atoms with Crippen molar-refractivity contribution in [3.63, 3.8) is 0 Å². The van der Waals surface area contributed by atoms with E-state index in [9.17, 15) is 30.0 Å². The first-order chi connectivity index (χ1) is 19.9. The molecule has 4 unspecified atom stereocenters. The van der Waals surface area contributed by atoms with E-state index >= 15 is 0 Å². The highest BCUT2D eigenvalue weighted by molar-refractivity contribution is 5.85. The van der Waals surface area contributed by atoms with E-state index in [1.54, 1.807) is 0 Å². The van der Waals surface area contributed by atoms with Crippen molar-refractivity contribution in [3.8, 4) is 0 Å². The van der Waals surface area contributed by atoms with Crippen molar-refractivity contribution in [3.05, 3.63) is 11.6 Å². The molecule has 244 valence electrons. The van der Waals surface area contributed by atoms with Crippen molar-refractivity contribution in [1.29, 1.82) is 0 Å². The highest BCUT2D eigenvalue weighted by atomic mass is 16.6. The van der Waals surface area contributed by atoms with Gasteiger partial charge in [-0.15, -0.1) is 0 Å². The number of aliphatic hydroxyl groups is 3. The molecule has 0 aliphatic heterocycles. The molecule has 4 N–H and O–H groups in total. The second-order valence-electron chi connectivity index (χ2n) is 16.9. The van der Waals surface area contributed by atoms with Gasteiger partial charge in [-0.2, -0.15) is 0 Å². The van der Waals surface area contributed by atoms with E-state index in [-0.39, 0.29) is 33.0 Å². The van der Waals surface area contributed by atoms with E-state index in [0.29, 0.717) is 42.3 Å². The van der Waals surface area contributed by atoms with E-state index in [1.807, 2.05) is 0 Å². The fraction of sp³-hybridized carbons (Fsp3) is 0.889. The molecule has 5 rings (SSSR count). The molecule has 7 heteroatoms. The number of hydrogen-bond acceptors (Lipinski definition) is 6. The second kappa shape index (κ2) is 10.9. The third-order valence-electron chi connectivity index (χ3n) is 14.8. The summed E-state index contributed by atoms with van der Waals surface area (Å²) in [5, 5.41) is 40.7. The first kappa shape index (κ1) is 33.1. The zero-order valence-corrected chi connectivity index (χ0v) is 27.9. The third-order valence-corrected chi connectivity index (χ3v) is 14.8. The first-order valence-corrected chi connectivity index (χ1v) is 17.0. The molecule has 0 aromatic carbocycles. The summed E-state index contributed by atoms with van der Waals surface area (Å²) < 4.78 is 5.81. The van der Waals surface area contributed by atoms with Crippen LogP contribution in [-0.2, 0) is 14.3 Å². The standard InChI is InChI=1S/C36H58O7/c1-20-11-16-36(19-24(30(39)40)43-29(22(3)37)31(41)42)18-17-34(7)23(28(36)21(20)2)9-10-26-33(6)14-13-27(38)32(4,5)25(33)12-15-35(26,34)8/h9,20-22,24-26,28-30,37,39-40H,10-19H2,1-8H3,(H,41,42)/t20-,21+,22+,24+,25?,26?,28?,29?,33+,34-,35-,36-/m1/s1. The maximum Gasteiger partial charge on any atom is 0.335 e. The van der Waals surface area contributed by atoms with Crippen molar-refractivity contribution < 1.29 is 34.8 Å². The van der Waals surface area contributed by atoms with Crippen molar-refractivity contribution in [1.82, 2.24) is 0 Å². The average molecular weight is 603 g/mol. The van der Waals surface area contributed by atoms with Gasteiger partial charge in [0.25, 0.3) is 0 Å². The molecule has 0 heterocycles. The van der Waals surface area contributed by atoms with Gasteiger partial charge in [0.15, 0.2) is 12.4 Å². The Labute approximate surface area is 258 Å². The summed E-state index contributed by atoms with van der Waals surface area (Å²) >= 11 is 0. The predicted molar refractivity (Wildman–Crippen MR) is 165 cm³/mol. The summed E-state index contributed by atoms with van der Waals surface area (Å²) in [7, 11) is 0. The van der Waals surface area contributed by atoms with Crippen LogP contribution in [0.25, 0.3) is 0 Å². The average Bonchev–Trinajstić information content (AvgIpc) is 2.91. The number of Topliss-reactive ketones (excluding diaryl/α,β-unsaturated/α-hetero) is 1. The lowest BCUT2D eigenvalue weighted by molar-refractivity contribution is -0.212. The minimum Gasteiger partial charge on any atom is -0.479 e. The number of carboxylic acids is 1. The van der Waals surface area contributed by atoms with E-state index in [0.717, 1.165) is 51.4 Å². The highest BCUT2D eigenvalue weighted by Crippen LogP contribution is 2.76. The number of aliphatic carboxylic acids is 1. The third kappa shape index (κ3) is 4.80. The Hall–Kier alpha value is -1.28. The molecule has 0 saturated heterocycles. The van der Waals surface area contributed by atoms with Crippen LogP contribution >= 0.6 is 0 Å². The summed E-state index contributed by atoms with van der Waals surface area (Å²) in [5.41, 5.74) is 1.21. The molecule has 12 atom stereocenters. The number of carboxylic acid groups (broad SMARTS) is 1. The molecule has 0 amide bonds. The molecule has 43 heavy (non-hydrogen) atoms. The Morgan fingerprint density at radius 1 is 0.977 bits per heavy atom. The topological polar surface area (TPSA) is 124 Å². The predicted octanol–water partition coefficient (Wildman–Crippen LogP) is 6.13. The molecule has 4 saturated carbocycles. The van der Waals surface area contributed by atoms with Crippen molar-refractivity contribution in [2.45, 2.75) is 144 Å². The van der Waals surface area contributed by atoms with E-state index in [2.05, 4.69) is 54.5 Å². The minimum atomic E-state index is -1.84. The summed E-state index contributed by atoms with van der Waals surface area (Å²) in [4.78, 5) is 25.0. The zero-order chi connectivity index (χ0) is 31.9. The number of ketones is 1. The number of fused-ring (bicyclic) bond motifs is 7. The number of ether oxygens (including phenoxy) is 1. The van der Waals surface area contributed by atoms with Gasteiger partial charge in [-0.25, -0.2) is 4.79 Å². The summed E-state index contributed by atoms with van der Waals surface area (Å²) in [6, 6.07) is 0. The van der Waals surface area contributed by atoms with Crippen molar-refractivity contribution >= 4 is 11.8 Å². The first-order valence-electron chi connectivity index (χ1n) is 17.0. The molecule has 7 nitrogen and oxygen atoms in total. The number of allylic oxidation sites excluding steroid dienone is 2. The van der Waals surface area contributed by atoms with Gasteiger partial charge in [-0.05, 0) is 116 Å². The van der Waals surface area contributed by atoms with Gasteiger partial charge in [-0.3, -0.25) is 4.79 Å². The maximum atomic E-state index is 13.1.